The smallest absolute Gasteiger partial charge is 0.316 e. The number of carbonyl (C=O) groups excluding carboxylic acids is 1. The van der Waals surface area contributed by atoms with Crippen molar-refractivity contribution in [2.24, 2.45) is 0 Å². The average Bonchev–Trinajstić information content (AvgIpc) is 2.27. The van der Waals surface area contributed by atoms with Gasteiger partial charge in [-0.3, -0.25) is 4.79 Å². The number of methoxy groups -OCH3 is 1. The molecular formula is C14H19BrO3S. The number of hydrogen-bond donors (Lipinski definition) is 0. The second-order valence-electron chi connectivity index (χ2n) is 5.04. The quantitative estimate of drug-likeness (QED) is 0.754. The van der Waals surface area contributed by atoms with E-state index in [1.807, 2.05) is 39.0 Å². The van der Waals surface area contributed by atoms with Crippen LogP contribution in [0.5, 0.6) is 5.75 Å². The molecular weight excluding hydrogens is 328 g/mol. The fourth-order valence-electron chi connectivity index (χ4n) is 1.48. The number of thioether (sulfide) groups is 1. The van der Waals surface area contributed by atoms with E-state index in [0.717, 1.165) is 15.8 Å². The first-order chi connectivity index (χ1) is 8.81. The van der Waals surface area contributed by atoms with Gasteiger partial charge in [0, 0.05) is 15.8 Å². The van der Waals surface area contributed by atoms with Crippen LogP contribution in [0.2, 0.25) is 0 Å². The van der Waals surface area contributed by atoms with E-state index in [9.17, 15) is 4.79 Å². The van der Waals surface area contributed by atoms with Gasteiger partial charge in [0.2, 0.25) is 0 Å². The minimum absolute atomic E-state index is 0.188. The number of ether oxygens (including phenoxy) is 2. The lowest BCUT2D eigenvalue weighted by molar-refractivity contribution is -0.151. The van der Waals surface area contributed by atoms with Crippen LogP contribution in [0.25, 0.3) is 0 Å². The first-order valence-electron chi connectivity index (χ1n) is 5.94. The molecule has 0 aliphatic rings. The molecule has 1 aromatic carbocycles. The van der Waals surface area contributed by atoms with Crippen LogP contribution in [-0.4, -0.2) is 24.4 Å². The highest BCUT2D eigenvalue weighted by Gasteiger charge is 2.16. The highest BCUT2D eigenvalue weighted by molar-refractivity contribution is 9.10. The molecule has 106 valence electrons. The number of halogens is 1. The fourth-order valence-corrected chi connectivity index (χ4v) is 2.66. The summed E-state index contributed by atoms with van der Waals surface area (Å²) in [5, 5.41) is 0. The lowest BCUT2D eigenvalue weighted by atomic mass is 10.2. The van der Waals surface area contributed by atoms with Crippen LogP contribution in [0.1, 0.15) is 26.3 Å². The van der Waals surface area contributed by atoms with Gasteiger partial charge in [-0.15, -0.1) is 11.8 Å². The van der Waals surface area contributed by atoms with Gasteiger partial charge in [-0.05, 0) is 39.0 Å². The van der Waals surface area contributed by atoms with Crippen molar-refractivity contribution in [1.82, 2.24) is 0 Å². The van der Waals surface area contributed by atoms with Crippen molar-refractivity contribution in [1.29, 1.82) is 0 Å². The van der Waals surface area contributed by atoms with E-state index in [-0.39, 0.29) is 5.97 Å². The molecule has 0 spiro atoms. The molecule has 0 aliphatic carbocycles. The summed E-state index contributed by atoms with van der Waals surface area (Å²) in [6.07, 6.45) is 0. The number of hydrogen-bond acceptors (Lipinski definition) is 4. The summed E-state index contributed by atoms with van der Waals surface area (Å²) in [6, 6.07) is 5.84. The third kappa shape index (κ3) is 6.34. The van der Waals surface area contributed by atoms with Crippen molar-refractivity contribution >= 4 is 33.7 Å². The monoisotopic (exact) mass is 346 g/mol. The third-order valence-electron chi connectivity index (χ3n) is 2.14. The molecule has 0 atom stereocenters. The molecule has 0 heterocycles. The predicted octanol–water partition coefficient (Wildman–Crippen LogP) is 4.03. The Morgan fingerprint density at radius 3 is 2.63 bits per heavy atom. The predicted molar refractivity (Wildman–Crippen MR) is 82.7 cm³/mol. The molecule has 19 heavy (non-hydrogen) atoms. The van der Waals surface area contributed by atoms with E-state index in [2.05, 4.69) is 15.9 Å². The van der Waals surface area contributed by atoms with Gasteiger partial charge in [-0.1, -0.05) is 15.9 Å². The maximum absolute atomic E-state index is 11.6. The zero-order valence-corrected chi connectivity index (χ0v) is 14.1. The molecule has 5 heteroatoms. The summed E-state index contributed by atoms with van der Waals surface area (Å²) < 4.78 is 11.5. The first-order valence-corrected chi connectivity index (χ1v) is 7.88. The Morgan fingerprint density at radius 1 is 1.37 bits per heavy atom. The van der Waals surface area contributed by atoms with Gasteiger partial charge in [0.25, 0.3) is 0 Å². The van der Waals surface area contributed by atoms with E-state index >= 15 is 0 Å². The molecule has 0 fully saturated rings. The van der Waals surface area contributed by atoms with Crippen LogP contribution in [-0.2, 0) is 15.3 Å². The summed E-state index contributed by atoms with van der Waals surface area (Å²) >= 11 is 4.95. The summed E-state index contributed by atoms with van der Waals surface area (Å²) in [6.45, 7) is 5.60. The fraction of sp³-hybridized carbons (Fsp3) is 0.500. The molecule has 0 bridgehead atoms. The van der Waals surface area contributed by atoms with E-state index < -0.39 is 5.60 Å². The molecule has 0 saturated carbocycles. The SMILES string of the molecule is COc1ccc(Br)cc1CSCC(=O)OC(C)(C)C. The number of benzene rings is 1. The maximum atomic E-state index is 11.6. The molecule has 0 radical (unpaired) electrons. The minimum Gasteiger partial charge on any atom is -0.496 e. The third-order valence-corrected chi connectivity index (χ3v) is 3.59. The molecule has 0 amide bonds. The van der Waals surface area contributed by atoms with Crippen LogP contribution in [0.4, 0.5) is 0 Å². The van der Waals surface area contributed by atoms with Gasteiger partial charge in [-0.25, -0.2) is 0 Å². The van der Waals surface area contributed by atoms with Gasteiger partial charge < -0.3 is 9.47 Å². The summed E-state index contributed by atoms with van der Waals surface area (Å²) in [7, 11) is 1.64. The van der Waals surface area contributed by atoms with Gasteiger partial charge >= 0.3 is 5.97 Å². The second-order valence-corrected chi connectivity index (χ2v) is 6.94. The van der Waals surface area contributed by atoms with Gasteiger partial charge in [-0.2, -0.15) is 0 Å². The standard InChI is InChI=1S/C14H19BrO3S/c1-14(2,3)18-13(16)9-19-8-10-7-11(15)5-6-12(10)17-4/h5-7H,8-9H2,1-4H3. The Balaban J connectivity index is 2.49. The molecule has 0 aromatic heterocycles. The van der Waals surface area contributed by atoms with Crippen molar-refractivity contribution in [3.05, 3.63) is 28.2 Å². The van der Waals surface area contributed by atoms with Crippen LogP contribution in [0, 0.1) is 0 Å². The maximum Gasteiger partial charge on any atom is 0.316 e. The molecule has 3 nitrogen and oxygen atoms in total. The second kappa shape index (κ2) is 7.20. The van der Waals surface area contributed by atoms with Crippen molar-refractivity contribution in [3.63, 3.8) is 0 Å². The van der Waals surface area contributed by atoms with Crippen LogP contribution >= 0.6 is 27.7 Å². The number of esters is 1. The zero-order valence-electron chi connectivity index (χ0n) is 11.7. The molecule has 1 aromatic rings. The minimum atomic E-state index is -0.425. The Hall–Kier alpha value is -0.680. The van der Waals surface area contributed by atoms with Gasteiger partial charge in [0.1, 0.15) is 11.4 Å². The largest absolute Gasteiger partial charge is 0.496 e. The lowest BCUT2D eigenvalue weighted by Crippen LogP contribution is -2.24. The summed E-state index contributed by atoms with van der Waals surface area (Å²) in [5.41, 5.74) is 0.635. The normalized spacial score (nSPS) is 11.2. The molecule has 0 N–H and O–H groups in total. The Morgan fingerprint density at radius 2 is 2.05 bits per heavy atom. The number of rotatable bonds is 5. The van der Waals surface area contributed by atoms with Crippen LogP contribution in [0.15, 0.2) is 22.7 Å². The van der Waals surface area contributed by atoms with Crippen molar-refractivity contribution < 1.29 is 14.3 Å². The molecule has 0 unspecified atom stereocenters. The van der Waals surface area contributed by atoms with Crippen molar-refractivity contribution in [2.45, 2.75) is 32.1 Å². The Bertz CT molecular complexity index is 441. The molecule has 0 aliphatic heterocycles. The molecule has 0 saturated heterocycles. The molecule has 1 rings (SSSR count). The Kier molecular flexibility index (Phi) is 6.20. The van der Waals surface area contributed by atoms with Gasteiger partial charge in [0.15, 0.2) is 0 Å². The first kappa shape index (κ1) is 16.4. The van der Waals surface area contributed by atoms with Crippen molar-refractivity contribution in [3.8, 4) is 5.75 Å². The summed E-state index contributed by atoms with van der Waals surface area (Å²) in [4.78, 5) is 11.6. The van der Waals surface area contributed by atoms with E-state index in [1.165, 1.54) is 11.8 Å². The summed E-state index contributed by atoms with van der Waals surface area (Å²) in [5.74, 6) is 1.70. The number of carbonyl (C=O) groups is 1. The Labute approximate surface area is 127 Å². The zero-order chi connectivity index (χ0) is 14.5. The van der Waals surface area contributed by atoms with Crippen molar-refractivity contribution in [2.75, 3.05) is 12.9 Å². The lowest BCUT2D eigenvalue weighted by Gasteiger charge is -2.19. The highest BCUT2D eigenvalue weighted by Crippen LogP contribution is 2.26. The van der Waals surface area contributed by atoms with Crippen LogP contribution < -0.4 is 4.74 Å². The van der Waals surface area contributed by atoms with Gasteiger partial charge in [0.05, 0.1) is 12.9 Å². The average molecular weight is 347 g/mol. The van der Waals surface area contributed by atoms with Crippen LogP contribution in [0.3, 0.4) is 0 Å². The topological polar surface area (TPSA) is 35.5 Å². The highest BCUT2D eigenvalue weighted by atomic mass is 79.9. The van der Waals surface area contributed by atoms with E-state index in [4.69, 9.17) is 9.47 Å². The van der Waals surface area contributed by atoms with E-state index in [0.29, 0.717) is 11.5 Å². The van der Waals surface area contributed by atoms with E-state index in [1.54, 1.807) is 7.11 Å².